The SMILES string of the molecule is O=C(O)c1cn(Cc2ccc3ccccc3c2)c2ccccc12. The minimum absolute atomic E-state index is 0.349. The van der Waals surface area contributed by atoms with E-state index in [9.17, 15) is 9.90 Å². The summed E-state index contributed by atoms with van der Waals surface area (Å²) in [6.45, 7) is 0.651. The Bertz CT molecular complexity index is 1030. The summed E-state index contributed by atoms with van der Waals surface area (Å²) in [5.74, 6) is -0.890. The van der Waals surface area contributed by atoms with Crippen LogP contribution in [-0.4, -0.2) is 15.6 Å². The number of carboxylic acids is 1. The Balaban J connectivity index is 1.81. The molecule has 0 unspecified atom stereocenters. The number of carbonyl (C=O) groups is 1. The fraction of sp³-hybridized carbons (Fsp3) is 0.0500. The van der Waals surface area contributed by atoms with Gasteiger partial charge in [-0.1, -0.05) is 54.6 Å². The first-order chi connectivity index (χ1) is 11.2. The van der Waals surface area contributed by atoms with Crippen LogP contribution in [0.25, 0.3) is 21.7 Å². The van der Waals surface area contributed by atoms with Gasteiger partial charge in [-0.05, 0) is 28.5 Å². The Kier molecular flexibility index (Phi) is 3.12. The van der Waals surface area contributed by atoms with Crippen molar-refractivity contribution >= 4 is 27.6 Å². The molecule has 1 heterocycles. The zero-order valence-corrected chi connectivity index (χ0v) is 12.4. The number of carboxylic acid groups (broad SMARTS) is 1. The van der Waals surface area contributed by atoms with Gasteiger partial charge in [0, 0.05) is 23.6 Å². The summed E-state index contributed by atoms with van der Waals surface area (Å²) in [5.41, 5.74) is 2.45. The Morgan fingerprint density at radius 2 is 1.65 bits per heavy atom. The number of aromatic nitrogens is 1. The molecular formula is C20H15NO2. The lowest BCUT2D eigenvalue weighted by Crippen LogP contribution is -1.98. The van der Waals surface area contributed by atoms with Gasteiger partial charge in [0.15, 0.2) is 0 Å². The Hall–Kier alpha value is -3.07. The zero-order chi connectivity index (χ0) is 15.8. The van der Waals surface area contributed by atoms with Crippen LogP contribution in [-0.2, 0) is 6.54 Å². The van der Waals surface area contributed by atoms with E-state index >= 15 is 0 Å². The fourth-order valence-corrected chi connectivity index (χ4v) is 3.08. The van der Waals surface area contributed by atoms with Crippen LogP contribution in [0.5, 0.6) is 0 Å². The van der Waals surface area contributed by atoms with E-state index in [0.717, 1.165) is 16.5 Å². The molecule has 0 spiro atoms. The third kappa shape index (κ3) is 2.36. The summed E-state index contributed by atoms with van der Waals surface area (Å²) in [7, 11) is 0. The molecule has 0 aliphatic heterocycles. The number of hydrogen-bond acceptors (Lipinski definition) is 1. The van der Waals surface area contributed by atoms with E-state index in [4.69, 9.17) is 0 Å². The summed E-state index contributed by atoms with van der Waals surface area (Å²) in [6, 6.07) is 22.2. The number of benzene rings is 3. The molecule has 0 saturated carbocycles. The van der Waals surface area contributed by atoms with Gasteiger partial charge < -0.3 is 9.67 Å². The lowest BCUT2D eigenvalue weighted by atomic mass is 10.1. The molecule has 0 saturated heterocycles. The first-order valence-corrected chi connectivity index (χ1v) is 7.51. The van der Waals surface area contributed by atoms with Crippen molar-refractivity contribution in [2.45, 2.75) is 6.54 Å². The van der Waals surface area contributed by atoms with Gasteiger partial charge in [-0.15, -0.1) is 0 Å². The van der Waals surface area contributed by atoms with E-state index in [1.807, 2.05) is 41.0 Å². The third-order valence-corrected chi connectivity index (χ3v) is 4.19. The topological polar surface area (TPSA) is 42.2 Å². The fourth-order valence-electron chi connectivity index (χ4n) is 3.08. The molecule has 0 fully saturated rings. The van der Waals surface area contributed by atoms with Gasteiger partial charge >= 0.3 is 5.97 Å². The highest BCUT2D eigenvalue weighted by Gasteiger charge is 2.13. The second-order valence-corrected chi connectivity index (χ2v) is 5.67. The van der Waals surface area contributed by atoms with Crippen LogP contribution in [0.4, 0.5) is 0 Å². The predicted molar refractivity (Wildman–Crippen MR) is 91.9 cm³/mol. The molecule has 0 aliphatic carbocycles. The van der Waals surface area contributed by atoms with E-state index in [0.29, 0.717) is 12.1 Å². The highest BCUT2D eigenvalue weighted by atomic mass is 16.4. The molecule has 1 aromatic heterocycles. The van der Waals surface area contributed by atoms with Crippen molar-refractivity contribution in [3.05, 3.63) is 84.1 Å². The van der Waals surface area contributed by atoms with Gasteiger partial charge in [-0.3, -0.25) is 0 Å². The van der Waals surface area contributed by atoms with Gasteiger partial charge in [-0.2, -0.15) is 0 Å². The summed E-state index contributed by atoms with van der Waals surface area (Å²) < 4.78 is 2.00. The number of aromatic carboxylic acids is 1. The molecule has 0 atom stereocenters. The monoisotopic (exact) mass is 301 g/mol. The van der Waals surface area contributed by atoms with Crippen molar-refractivity contribution in [3.8, 4) is 0 Å². The van der Waals surface area contributed by atoms with Gasteiger partial charge in [0.2, 0.25) is 0 Å². The molecule has 4 rings (SSSR count). The molecule has 0 radical (unpaired) electrons. The minimum atomic E-state index is -0.890. The number of nitrogens with zero attached hydrogens (tertiary/aromatic N) is 1. The molecule has 0 bridgehead atoms. The van der Waals surface area contributed by atoms with Crippen LogP contribution in [0.2, 0.25) is 0 Å². The average molecular weight is 301 g/mol. The van der Waals surface area contributed by atoms with Crippen molar-refractivity contribution in [1.29, 1.82) is 0 Å². The highest BCUT2D eigenvalue weighted by Crippen LogP contribution is 2.23. The maximum absolute atomic E-state index is 11.4. The Labute approximate surface area is 133 Å². The van der Waals surface area contributed by atoms with Gasteiger partial charge in [0.25, 0.3) is 0 Å². The number of fused-ring (bicyclic) bond motifs is 2. The van der Waals surface area contributed by atoms with Crippen LogP contribution in [0.3, 0.4) is 0 Å². The molecule has 3 nitrogen and oxygen atoms in total. The average Bonchev–Trinajstić information content (AvgIpc) is 2.94. The summed E-state index contributed by atoms with van der Waals surface area (Å²) in [5, 5.41) is 12.6. The van der Waals surface area contributed by atoms with Crippen LogP contribution >= 0.6 is 0 Å². The normalized spacial score (nSPS) is 11.1. The first-order valence-electron chi connectivity index (χ1n) is 7.51. The van der Waals surface area contributed by atoms with E-state index in [1.165, 1.54) is 10.8 Å². The molecule has 112 valence electrons. The van der Waals surface area contributed by atoms with Gasteiger partial charge in [-0.25, -0.2) is 4.79 Å². The molecule has 1 N–H and O–H groups in total. The van der Waals surface area contributed by atoms with Crippen molar-refractivity contribution in [3.63, 3.8) is 0 Å². The molecule has 3 aromatic carbocycles. The van der Waals surface area contributed by atoms with E-state index in [1.54, 1.807) is 6.20 Å². The van der Waals surface area contributed by atoms with Crippen LogP contribution < -0.4 is 0 Å². The van der Waals surface area contributed by atoms with Gasteiger partial charge in [0.1, 0.15) is 0 Å². The predicted octanol–water partition coefficient (Wildman–Crippen LogP) is 4.54. The Morgan fingerprint density at radius 1 is 0.913 bits per heavy atom. The van der Waals surface area contributed by atoms with E-state index < -0.39 is 5.97 Å². The summed E-state index contributed by atoms with van der Waals surface area (Å²) in [4.78, 5) is 11.4. The zero-order valence-electron chi connectivity index (χ0n) is 12.4. The molecular weight excluding hydrogens is 286 g/mol. The number of para-hydroxylation sites is 1. The molecule has 4 aromatic rings. The summed E-state index contributed by atoms with van der Waals surface area (Å²) >= 11 is 0. The van der Waals surface area contributed by atoms with Crippen LogP contribution in [0.1, 0.15) is 15.9 Å². The largest absolute Gasteiger partial charge is 0.478 e. The van der Waals surface area contributed by atoms with Gasteiger partial charge in [0.05, 0.1) is 5.56 Å². The minimum Gasteiger partial charge on any atom is -0.478 e. The second-order valence-electron chi connectivity index (χ2n) is 5.67. The lowest BCUT2D eigenvalue weighted by Gasteiger charge is -2.07. The van der Waals surface area contributed by atoms with E-state index in [-0.39, 0.29) is 0 Å². The first kappa shape index (κ1) is 13.6. The third-order valence-electron chi connectivity index (χ3n) is 4.19. The molecule has 3 heteroatoms. The highest BCUT2D eigenvalue weighted by molar-refractivity contribution is 6.03. The second kappa shape index (κ2) is 5.29. The molecule has 0 amide bonds. The number of rotatable bonds is 3. The van der Waals surface area contributed by atoms with E-state index in [2.05, 4.69) is 30.3 Å². The van der Waals surface area contributed by atoms with Crippen LogP contribution in [0, 0.1) is 0 Å². The van der Waals surface area contributed by atoms with Crippen molar-refractivity contribution in [2.75, 3.05) is 0 Å². The summed E-state index contributed by atoms with van der Waals surface area (Å²) in [6.07, 6.45) is 1.72. The van der Waals surface area contributed by atoms with Crippen LogP contribution in [0.15, 0.2) is 72.9 Å². The smallest absolute Gasteiger partial charge is 0.337 e. The Morgan fingerprint density at radius 3 is 2.48 bits per heavy atom. The standard InChI is InChI=1S/C20H15NO2/c22-20(23)18-13-21(19-8-4-3-7-17(18)19)12-14-9-10-15-5-1-2-6-16(15)11-14/h1-11,13H,12H2,(H,22,23). The lowest BCUT2D eigenvalue weighted by molar-refractivity contribution is 0.0699. The van der Waals surface area contributed by atoms with Crippen molar-refractivity contribution in [2.24, 2.45) is 0 Å². The van der Waals surface area contributed by atoms with Crippen molar-refractivity contribution in [1.82, 2.24) is 4.57 Å². The molecule has 0 aliphatic rings. The number of hydrogen-bond donors (Lipinski definition) is 1. The maximum Gasteiger partial charge on any atom is 0.337 e. The quantitative estimate of drug-likeness (QED) is 0.603. The maximum atomic E-state index is 11.4. The molecule has 23 heavy (non-hydrogen) atoms. The van der Waals surface area contributed by atoms with Crippen molar-refractivity contribution < 1.29 is 9.90 Å².